The van der Waals surface area contributed by atoms with Crippen molar-refractivity contribution in [1.29, 1.82) is 0 Å². The minimum Gasteiger partial charge on any atom is -0.435 e. The summed E-state index contributed by atoms with van der Waals surface area (Å²) in [7, 11) is 0. The molecule has 0 fully saturated rings. The molecule has 0 spiro atoms. The predicted molar refractivity (Wildman–Crippen MR) is 36.5 cm³/mol. The van der Waals surface area contributed by atoms with Crippen molar-refractivity contribution in [1.82, 2.24) is 0 Å². The predicted octanol–water partition coefficient (Wildman–Crippen LogP) is 0.477. The third kappa shape index (κ3) is 0.988. The summed E-state index contributed by atoms with van der Waals surface area (Å²) in [5.74, 6) is 0. The summed E-state index contributed by atoms with van der Waals surface area (Å²) in [6.07, 6.45) is 2.31. The summed E-state index contributed by atoms with van der Waals surface area (Å²) in [6.45, 7) is 0.227. The van der Waals surface area contributed by atoms with Crippen LogP contribution in [0, 0.1) is 0 Å². The second kappa shape index (κ2) is 2.35. The molecule has 1 atom stereocenters. The van der Waals surface area contributed by atoms with E-state index in [2.05, 4.69) is 0 Å². The van der Waals surface area contributed by atoms with Gasteiger partial charge < -0.3 is 10.8 Å². The first-order chi connectivity index (χ1) is 5.09. The Labute approximate surface area is 63.3 Å². The normalized spacial score (nSPS) is 28.7. The largest absolute Gasteiger partial charge is 0.527 e. The van der Waals surface area contributed by atoms with Crippen molar-refractivity contribution in [2.75, 3.05) is 6.54 Å². The van der Waals surface area contributed by atoms with Gasteiger partial charge in [0.15, 0.2) is 0 Å². The maximum atomic E-state index is 10.7. The lowest BCUT2D eigenvalue weighted by Crippen LogP contribution is -2.53. The lowest BCUT2D eigenvalue weighted by atomic mass is 10.4. The van der Waals surface area contributed by atoms with Crippen LogP contribution >= 0.6 is 0 Å². The zero-order chi connectivity index (χ0) is 8.48. The van der Waals surface area contributed by atoms with E-state index < -0.39 is 16.6 Å². The lowest BCUT2D eigenvalue weighted by molar-refractivity contribution is -0.713. The lowest BCUT2D eigenvalue weighted by Gasteiger charge is -2.18. The Hall–Kier alpha value is -1.36. The Morgan fingerprint density at radius 1 is 1.55 bits per heavy atom. The van der Waals surface area contributed by atoms with Crippen molar-refractivity contribution in [2.45, 2.75) is 6.42 Å². The van der Waals surface area contributed by atoms with Gasteiger partial charge in [-0.25, -0.2) is 4.79 Å². The molecule has 3 amide bonds. The van der Waals surface area contributed by atoms with E-state index in [9.17, 15) is 9.59 Å². The molecule has 1 heterocycles. The van der Waals surface area contributed by atoms with Crippen molar-refractivity contribution >= 4 is 12.1 Å². The van der Waals surface area contributed by atoms with Crippen LogP contribution in [0.3, 0.4) is 0 Å². The second-order valence-electron chi connectivity index (χ2n) is 2.39. The molecule has 1 rings (SSSR count). The van der Waals surface area contributed by atoms with Gasteiger partial charge in [0, 0.05) is 6.42 Å². The fraction of sp³-hybridized carbons (Fsp3) is 0.333. The van der Waals surface area contributed by atoms with Crippen molar-refractivity contribution in [3.8, 4) is 0 Å². The molecule has 0 saturated carbocycles. The summed E-state index contributed by atoms with van der Waals surface area (Å²) < 4.78 is -0.764. The number of nitrogens with two attached hydrogens (primary N) is 1. The highest BCUT2D eigenvalue weighted by molar-refractivity contribution is 5.78. The molecule has 0 bridgehead atoms. The Morgan fingerprint density at radius 2 is 2.18 bits per heavy atom. The number of primary amides is 1. The first-order valence-corrected chi connectivity index (χ1v) is 3.18. The van der Waals surface area contributed by atoms with Gasteiger partial charge in [-0.1, -0.05) is 0 Å². The summed E-state index contributed by atoms with van der Waals surface area (Å²) in [5, 5.41) is 8.65. The number of quaternary nitrogens is 1. The maximum Gasteiger partial charge on any atom is 0.527 e. The van der Waals surface area contributed by atoms with E-state index in [1.165, 1.54) is 6.20 Å². The average Bonchev–Trinajstić information content (AvgIpc) is 2.34. The molecule has 60 valence electrons. The number of rotatable bonds is 0. The number of carbonyl (C=O) groups excluding carboxylic acids is 1. The van der Waals surface area contributed by atoms with Crippen molar-refractivity contribution in [3.63, 3.8) is 0 Å². The first kappa shape index (κ1) is 7.74. The van der Waals surface area contributed by atoms with Gasteiger partial charge in [0.1, 0.15) is 12.7 Å². The number of carboxylic acid groups (broad SMARTS) is 1. The van der Waals surface area contributed by atoms with Gasteiger partial charge >= 0.3 is 12.1 Å². The third-order valence-electron chi connectivity index (χ3n) is 1.74. The Bertz CT molecular complexity index is 220. The van der Waals surface area contributed by atoms with Gasteiger partial charge in [0.25, 0.3) is 0 Å². The monoisotopic (exact) mass is 157 g/mol. The van der Waals surface area contributed by atoms with E-state index in [1.807, 2.05) is 0 Å². The topological polar surface area (TPSA) is 80.4 Å². The molecule has 0 aromatic rings. The number of hydrogen-bond acceptors (Lipinski definition) is 2. The van der Waals surface area contributed by atoms with Crippen LogP contribution in [0.5, 0.6) is 0 Å². The maximum absolute atomic E-state index is 10.7. The molecule has 11 heavy (non-hydrogen) atoms. The van der Waals surface area contributed by atoms with E-state index in [0.29, 0.717) is 6.42 Å². The molecule has 0 aromatic carbocycles. The van der Waals surface area contributed by atoms with E-state index in [-0.39, 0.29) is 6.54 Å². The smallest absolute Gasteiger partial charge is 0.435 e. The molecule has 1 aliphatic rings. The Balaban J connectivity index is 2.98. The van der Waals surface area contributed by atoms with Gasteiger partial charge in [-0.05, 0) is 6.08 Å². The van der Waals surface area contributed by atoms with Crippen molar-refractivity contribution in [2.24, 2.45) is 5.73 Å². The molecule has 5 heteroatoms. The number of urea groups is 1. The quantitative estimate of drug-likeness (QED) is 0.502. The minimum atomic E-state index is -1.22. The van der Waals surface area contributed by atoms with Crippen LogP contribution in [0.4, 0.5) is 9.59 Å². The highest BCUT2D eigenvalue weighted by Gasteiger charge is 2.43. The van der Waals surface area contributed by atoms with Crippen LogP contribution in [-0.4, -0.2) is 28.3 Å². The number of imide groups is 1. The highest BCUT2D eigenvalue weighted by atomic mass is 16.4. The van der Waals surface area contributed by atoms with Gasteiger partial charge in [-0.15, -0.1) is 4.48 Å². The van der Waals surface area contributed by atoms with Gasteiger partial charge in [0.2, 0.25) is 0 Å². The second-order valence-corrected chi connectivity index (χ2v) is 2.39. The van der Waals surface area contributed by atoms with E-state index in [1.54, 1.807) is 6.08 Å². The molecular formula is C6H9N2O3+. The number of amides is 3. The number of nitrogens with zero attached hydrogens (tertiary/aromatic N) is 1. The molecular weight excluding hydrogens is 148 g/mol. The number of carbonyl (C=O) groups is 2. The summed E-state index contributed by atoms with van der Waals surface area (Å²) in [5.41, 5.74) is 4.93. The van der Waals surface area contributed by atoms with Crippen LogP contribution in [-0.2, 0) is 0 Å². The first-order valence-electron chi connectivity index (χ1n) is 3.18. The SMILES string of the molecule is NC(=O)[N+]1(C(=O)O)C=CCC1. The Morgan fingerprint density at radius 3 is 2.36 bits per heavy atom. The standard InChI is InChI=1S/C6H8N2O3/c7-5(9)8(6(10)11)3-1-2-4-8/h1,3H,2,4H2,(H2-,7,9,10,11)/p+1. The minimum absolute atomic E-state index is 0.227. The van der Waals surface area contributed by atoms with Crippen molar-refractivity contribution < 1.29 is 19.2 Å². The number of hydrogen-bond donors (Lipinski definition) is 2. The fourth-order valence-corrected chi connectivity index (χ4v) is 1.04. The van der Waals surface area contributed by atoms with E-state index in [0.717, 1.165) is 0 Å². The molecule has 0 radical (unpaired) electrons. The van der Waals surface area contributed by atoms with E-state index >= 15 is 0 Å². The Kier molecular flexibility index (Phi) is 1.66. The molecule has 0 aliphatic carbocycles. The van der Waals surface area contributed by atoms with Gasteiger partial charge in [-0.2, -0.15) is 4.79 Å². The molecule has 3 N–H and O–H groups in total. The van der Waals surface area contributed by atoms with Crippen LogP contribution in [0.15, 0.2) is 12.3 Å². The van der Waals surface area contributed by atoms with Gasteiger partial charge in [-0.3, -0.25) is 0 Å². The molecule has 5 nitrogen and oxygen atoms in total. The van der Waals surface area contributed by atoms with Crippen LogP contribution < -0.4 is 5.73 Å². The van der Waals surface area contributed by atoms with E-state index in [4.69, 9.17) is 10.8 Å². The molecule has 1 aliphatic heterocycles. The fourth-order valence-electron chi connectivity index (χ4n) is 1.04. The molecule has 0 saturated heterocycles. The third-order valence-corrected chi connectivity index (χ3v) is 1.74. The van der Waals surface area contributed by atoms with Crippen molar-refractivity contribution in [3.05, 3.63) is 12.3 Å². The summed E-state index contributed by atoms with van der Waals surface area (Å²) in [4.78, 5) is 21.3. The summed E-state index contributed by atoms with van der Waals surface area (Å²) in [6, 6.07) is -0.841. The van der Waals surface area contributed by atoms with Crippen LogP contribution in [0.2, 0.25) is 0 Å². The highest BCUT2D eigenvalue weighted by Crippen LogP contribution is 2.17. The molecule has 1 unspecified atom stereocenters. The van der Waals surface area contributed by atoms with Gasteiger partial charge in [0.05, 0.1) is 0 Å². The average molecular weight is 157 g/mol. The summed E-state index contributed by atoms with van der Waals surface area (Å²) >= 11 is 0. The molecule has 0 aromatic heterocycles. The zero-order valence-electron chi connectivity index (χ0n) is 5.86. The van der Waals surface area contributed by atoms with Crippen LogP contribution in [0.1, 0.15) is 6.42 Å². The van der Waals surface area contributed by atoms with Crippen LogP contribution in [0.25, 0.3) is 0 Å². The zero-order valence-corrected chi connectivity index (χ0v) is 5.86.